The van der Waals surface area contributed by atoms with E-state index in [9.17, 15) is 0 Å². The molecule has 1 aliphatic carbocycles. The Morgan fingerprint density at radius 1 is 1.10 bits per heavy atom. The lowest BCUT2D eigenvalue weighted by atomic mass is 9.96. The monoisotopic (exact) mass is 429 g/mol. The van der Waals surface area contributed by atoms with Gasteiger partial charge in [-0.05, 0) is 31.9 Å². The summed E-state index contributed by atoms with van der Waals surface area (Å²) < 4.78 is 9.54. The van der Waals surface area contributed by atoms with Crippen molar-refractivity contribution in [2.75, 3.05) is 5.73 Å². The Morgan fingerprint density at radius 3 is 2.84 bits per heavy atom. The predicted molar refractivity (Wildman–Crippen MR) is 125 cm³/mol. The average molecular weight is 430 g/mol. The first kappa shape index (κ1) is 18.6. The molecule has 0 aromatic carbocycles. The third-order valence-electron chi connectivity index (χ3n) is 6.39. The van der Waals surface area contributed by atoms with Gasteiger partial charge in [0.15, 0.2) is 11.4 Å². The van der Waals surface area contributed by atoms with Crippen LogP contribution in [0.1, 0.15) is 43.8 Å². The normalized spacial score (nSPS) is 15.3. The van der Waals surface area contributed by atoms with Crippen LogP contribution in [0.5, 0.6) is 0 Å². The fourth-order valence-electron chi connectivity index (χ4n) is 4.74. The van der Waals surface area contributed by atoms with Crippen LogP contribution in [0.4, 0.5) is 5.82 Å². The zero-order valence-corrected chi connectivity index (χ0v) is 18.2. The van der Waals surface area contributed by atoms with Gasteiger partial charge in [0.2, 0.25) is 0 Å². The van der Waals surface area contributed by atoms with Gasteiger partial charge < -0.3 is 10.2 Å². The molecule has 7 heteroatoms. The van der Waals surface area contributed by atoms with E-state index in [0.717, 1.165) is 43.6 Å². The number of aryl methyl sites for hydroxylation is 1. The fourth-order valence-corrected chi connectivity index (χ4v) is 5.66. The molecular formula is C24H23N5OS. The second-order valence-corrected chi connectivity index (χ2v) is 9.24. The molecule has 6 nitrogen and oxygen atoms in total. The van der Waals surface area contributed by atoms with Crippen LogP contribution in [0.25, 0.3) is 43.5 Å². The summed E-state index contributed by atoms with van der Waals surface area (Å²) in [5.74, 6) is 1.20. The fraction of sp³-hybridized carbons (Fsp3) is 0.292. The zero-order chi connectivity index (χ0) is 20.9. The summed E-state index contributed by atoms with van der Waals surface area (Å²) in [5.41, 5.74) is 11.0. The Morgan fingerprint density at radius 2 is 1.97 bits per heavy atom. The molecule has 156 valence electrons. The summed E-state index contributed by atoms with van der Waals surface area (Å²) in [7, 11) is 0. The molecule has 1 saturated carbocycles. The largest absolute Gasteiger partial charge is 0.452 e. The van der Waals surface area contributed by atoms with Crippen molar-refractivity contribution in [1.82, 2.24) is 19.7 Å². The van der Waals surface area contributed by atoms with E-state index in [2.05, 4.69) is 39.2 Å². The molecule has 5 aromatic rings. The van der Waals surface area contributed by atoms with Crippen LogP contribution in [0, 0.1) is 6.92 Å². The van der Waals surface area contributed by atoms with E-state index in [1.54, 1.807) is 11.3 Å². The van der Waals surface area contributed by atoms with Crippen molar-refractivity contribution in [2.45, 2.75) is 45.1 Å². The molecule has 0 radical (unpaired) electrons. The number of hydrogen-bond donors (Lipinski definition) is 1. The summed E-state index contributed by atoms with van der Waals surface area (Å²) in [6, 6.07) is 4.60. The number of aromatic nitrogens is 4. The average Bonchev–Trinajstić information content (AvgIpc) is 3.51. The minimum atomic E-state index is 0.406. The van der Waals surface area contributed by atoms with Gasteiger partial charge >= 0.3 is 0 Å². The molecule has 5 aromatic heterocycles. The van der Waals surface area contributed by atoms with E-state index in [1.165, 1.54) is 32.1 Å². The molecule has 0 amide bonds. The van der Waals surface area contributed by atoms with Gasteiger partial charge in [0, 0.05) is 57.6 Å². The molecule has 6 rings (SSSR count). The van der Waals surface area contributed by atoms with Crippen molar-refractivity contribution in [1.29, 1.82) is 0 Å². The Hall–Kier alpha value is -3.19. The highest BCUT2D eigenvalue weighted by Gasteiger charge is 2.21. The lowest BCUT2D eigenvalue weighted by molar-refractivity contribution is 0.328. The van der Waals surface area contributed by atoms with E-state index in [0.29, 0.717) is 17.4 Å². The van der Waals surface area contributed by atoms with E-state index in [-0.39, 0.29) is 0 Å². The summed E-state index contributed by atoms with van der Waals surface area (Å²) in [6.45, 7) is 2.07. The van der Waals surface area contributed by atoms with Crippen molar-refractivity contribution in [3.05, 3.63) is 48.0 Å². The third kappa shape index (κ3) is 3.03. The van der Waals surface area contributed by atoms with E-state index in [4.69, 9.17) is 15.2 Å². The van der Waals surface area contributed by atoms with Gasteiger partial charge in [-0.25, -0.2) is 4.98 Å². The molecule has 2 N–H and O–H groups in total. The number of nitrogens with zero attached hydrogens (tertiary/aromatic N) is 4. The summed E-state index contributed by atoms with van der Waals surface area (Å²) >= 11 is 1.66. The Bertz CT molecular complexity index is 1410. The van der Waals surface area contributed by atoms with Crippen molar-refractivity contribution >= 4 is 38.2 Å². The number of fused-ring (bicyclic) bond motifs is 2. The highest BCUT2D eigenvalue weighted by molar-refractivity contribution is 7.17. The van der Waals surface area contributed by atoms with Crippen LogP contribution in [0.15, 0.2) is 46.7 Å². The van der Waals surface area contributed by atoms with Crippen LogP contribution < -0.4 is 5.73 Å². The second kappa shape index (κ2) is 7.20. The van der Waals surface area contributed by atoms with Crippen molar-refractivity contribution in [3.8, 4) is 22.5 Å². The predicted octanol–water partition coefficient (Wildman–Crippen LogP) is 6.36. The lowest BCUT2D eigenvalue weighted by Crippen LogP contribution is -2.13. The third-order valence-corrected chi connectivity index (χ3v) is 7.32. The highest BCUT2D eigenvalue weighted by atomic mass is 32.1. The van der Waals surface area contributed by atoms with Gasteiger partial charge in [-0.15, -0.1) is 11.3 Å². The molecule has 5 heterocycles. The molecule has 0 saturated heterocycles. The van der Waals surface area contributed by atoms with Gasteiger partial charge in [0.1, 0.15) is 5.76 Å². The summed E-state index contributed by atoms with van der Waals surface area (Å²) in [6.07, 6.45) is 14.0. The first-order valence-electron chi connectivity index (χ1n) is 10.7. The van der Waals surface area contributed by atoms with Crippen LogP contribution in [0.3, 0.4) is 0 Å². The maximum absolute atomic E-state index is 6.25. The summed E-state index contributed by atoms with van der Waals surface area (Å²) in [5, 5.41) is 9.08. The second-order valence-electron chi connectivity index (χ2n) is 8.33. The minimum absolute atomic E-state index is 0.406. The molecule has 0 aliphatic heterocycles. The van der Waals surface area contributed by atoms with Crippen LogP contribution in [-0.2, 0) is 0 Å². The lowest BCUT2D eigenvalue weighted by Gasteiger charge is -2.21. The minimum Gasteiger partial charge on any atom is -0.452 e. The zero-order valence-electron chi connectivity index (χ0n) is 17.3. The van der Waals surface area contributed by atoms with E-state index < -0.39 is 0 Å². The first-order chi connectivity index (χ1) is 15.2. The number of nitrogen functional groups attached to an aromatic ring is 1. The molecule has 0 spiro atoms. The molecular weight excluding hydrogens is 406 g/mol. The number of thiophene rings is 1. The number of pyridine rings is 2. The molecule has 0 atom stereocenters. The van der Waals surface area contributed by atoms with Gasteiger partial charge in [0.25, 0.3) is 0 Å². The maximum atomic E-state index is 6.25. The van der Waals surface area contributed by atoms with Crippen LogP contribution in [-0.4, -0.2) is 19.7 Å². The van der Waals surface area contributed by atoms with E-state index in [1.807, 2.05) is 24.7 Å². The molecule has 1 aliphatic rings. The molecule has 31 heavy (non-hydrogen) atoms. The molecule has 0 bridgehead atoms. The number of furan rings is 1. The standard InChI is InChI=1S/C24H23N5OS/c1-14-19(12-29(28-14)15-5-3-2-4-6-15)18-10-27-24(25)23-17(18)9-21(30-23)20-13-31-22-11-26-8-7-16(20)22/h7-13,15H,2-6H2,1H3,(H2,25,27). The number of anilines is 1. The van der Waals surface area contributed by atoms with Gasteiger partial charge in [-0.3, -0.25) is 9.67 Å². The SMILES string of the molecule is Cc1nn(C2CCCCC2)cc1-c1cnc(N)c2oc(-c3csc4cnccc34)cc12. The van der Waals surface area contributed by atoms with E-state index >= 15 is 0 Å². The first-order valence-corrected chi connectivity index (χ1v) is 11.6. The highest BCUT2D eigenvalue weighted by Crippen LogP contribution is 2.41. The van der Waals surface area contributed by atoms with Gasteiger partial charge in [0.05, 0.1) is 16.4 Å². The Kier molecular flexibility index (Phi) is 4.31. The van der Waals surface area contributed by atoms with Crippen molar-refractivity contribution < 1.29 is 4.42 Å². The van der Waals surface area contributed by atoms with Crippen LogP contribution in [0.2, 0.25) is 0 Å². The topological polar surface area (TPSA) is 82.8 Å². The Balaban J connectivity index is 1.49. The summed E-state index contributed by atoms with van der Waals surface area (Å²) in [4.78, 5) is 8.66. The van der Waals surface area contributed by atoms with Crippen molar-refractivity contribution in [2.24, 2.45) is 0 Å². The van der Waals surface area contributed by atoms with Gasteiger partial charge in [-0.1, -0.05) is 19.3 Å². The number of hydrogen-bond acceptors (Lipinski definition) is 6. The number of nitrogens with two attached hydrogens (primary N) is 1. The van der Waals surface area contributed by atoms with Crippen LogP contribution >= 0.6 is 11.3 Å². The smallest absolute Gasteiger partial charge is 0.177 e. The maximum Gasteiger partial charge on any atom is 0.177 e. The van der Waals surface area contributed by atoms with Crippen molar-refractivity contribution in [3.63, 3.8) is 0 Å². The quantitative estimate of drug-likeness (QED) is 0.361. The molecule has 1 fully saturated rings. The number of rotatable bonds is 3. The molecule has 0 unspecified atom stereocenters. The van der Waals surface area contributed by atoms with Gasteiger partial charge in [-0.2, -0.15) is 5.10 Å². The Labute approximate surface area is 183 Å².